The molecule has 2 aromatic carbocycles. The average Bonchev–Trinajstić information content (AvgIpc) is 3.34. The smallest absolute Gasteiger partial charge is 0.243 e. The normalized spacial score (nSPS) is 14.3. The first-order chi connectivity index (χ1) is 18.3. The molecular formula is C25H29N5O6S2. The van der Waals surface area contributed by atoms with Crippen molar-refractivity contribution in [3.05, 3.63) is 59.9 Å². The molecule has 0 bridgehead atoms. The molecule has 13 heteroatoms. The molecule has 202 valence electrons. The number of sulfonamides is 1. The van der Waals surface area contributed by atoms with E-state index in [1.54, 1.807) is 7.11 Å². The van der Waals surface area contributed by atoms with Crippen LogP contribution < -0.4 is 10.1 Å². The van der Waals surface area contributed by atoms with Crippen LogP contribution in [0.3, 0.4) is 0 Å². The van der Waals surface area contributed by atoms with E-state index in [1.807, 2.05) is 28.8 Å². The quantitative estimate of drug-likeness (QED) is 0.276. The molecular weight excluding hydrogens is 530 g/mol. The van der Waals surface area contributed by atoms with E-state index >= 15 is 0 Å². The van der Waals surface area contributed by atoms with Crippen LogP contribution in [-0.2, 0) is 26.0 Å². The van der Waals surface area contributed by atoms with Gasteiger partial charge in [-0.15, -0.1) is 10.2 Å². The third kappa shape index (κ3) is 6.59. The highest BCUT2D eigenvalue weighted by molar-refractivity contribution is 7.99. The first-order valence-corrected chi connectivity index (χ1v) is 14.4. The van der Waals surface area contributed by atoms with Gasteiger partial charge in [-0.2, -0.15) is 4.31 Å². The number of Topliss-reactive ketones (excluding diaryl/α,β-unsaturated/α-hetero) is 1. The van der Waals surface area contributed by atoms with E-state index in [2.05, 4.69) is 15.5 Å². The van der Waals surface area contributed by atoms with Gasteiger partial charge in [-0.25, -0.2) is 8.42 Å². The molecule has 1 fully saturated rings. The van der Waals surface area contributed by atoms with Crippen molar-refractivity contribution in [1.29, 1.82) is 0 Å². The fourth-order valence-electron chi connectivity index (χ4n) is 3.88. The molecule has 0 aliphatic carbocycles. The molecule has 0 saturated carbocycles. The lowest BCUT2D eigenvalue weighted by molar-refractivity contribution is -0.118. The Kier molecular flexibility index (Phi) is 9.15. The molecule has 0 spiro atoms. The zero-order valence-electron chi connectivity index (χ0n) is 21.1. The van der Waals surface area contributed by atoms with Gasteiger partial charge >= 0.3 is 0 Å². The van der Waals surface area contributed by atoms with Crippen molar-refractivity contribution in [3.8, 4) is 11.4 Å². The van der Waals surface area contributed by atoms with Gasteiger partial charge < -0.3 is 14.8 Å². The van der Waals surface area contributed by atoms with Gasteiger partial charge in [0.15, 0.2) is 10.9 Å². The summed E-state index contributed by atoms with van der Waals surface area (Å²) < 4.78 is 39.5. The number of carbonyl (C=O) groups is 2. The Labute approximate surface area is 225 Å². The van der Waals surface area contributed by atoms with E-state index in [0.717, 1.165) is 5.69 Å². The van der Waals surface area contributed by atoms with Crippen molar-refractivity contribution in [2.24, 2.45) is 0 Å². The maximum atomic E-state index is 13.0. The van der Waals surface area contributed by atoms with Crippen molar-refractivity contribution in [2.75, 3.05) is 45.7 Å². The summed E-state index contributed by atoms with van der Waals surface area (Å²) in [5.41, 5.74) is 1.16. The number of methoxy groups -OCH3 is 1. The van der Waals surface area contributed by atoms with Crippen LogP contribution in [0.1, 0.15) is 23.1 Å². The fourth-order valence-corrected chi connectivity index (χ4v) is 6.15. The highest BCUT2D eigenvalue weighted by atomic mass is 32.2. The van der Waals surface area contributed by atoms with Gasteiger partial charge in [-0.3, -0.25) is 14.2 Å². The largest absolute Gasteiger partial charge is 0.497 e. The molecule has 1 N–H and O–H groups in total. The number of hydrogen-bond acceptors (Lipinski definition) is 9. The molecule has 1 aliphatic rings. The number of ether oxygens (including phenoxy) is 2. The van der Waals surface area contributed by atoms with Crippen LogP contribution in [0, 0.1) is 0 Å². The van der Waals surface area contributed by atoms with Crippen LogP contribution in [0.5, 0.6) is 5.75 Å². The zero-order chi connectivity index (χ0) is 27.1. The number of thioether (sulfide) groups is 1. The van der Waals surface area contributed by atoms with Gasteiger partial charge in [0.05, 0.1) is 36.7 Å². The molecule has 2 heterocycles. The predicted octanol–water partition coefficient (Wildman–Crippen LogP) is 1.95. The summed E-state index contributed by atoms with van der Waals surface area (Å²) >= 11 is 1.22. The summed E-state index contributed by atoms with van der Waals surface area (Å²) in [4.78, 5) is 24.4. The first kappa shape index (κ1) is 27.8. The van der Waals surface area contributed by atoms with Gasteiger partial charge in [0.25, 0.3) is 0 Å². The average molecular weight is 560 g/mol. The summed E-state index contributed by atoms with van der Waals surface area (Å²) in [6.45, 7) is 3.18. The van der Waals surface area contributed by atoms with Crippen LogP contribution in [0.2, 0.25) is 0 Å². The Morgan fingerprint density at radius 3 is 2.53 bits per heavy atom. The molecule has 1 saturated heterocycles. The number of amides is 1. The lowest BCUT2D eigenvalue weighted by atomic mass is 10.1. The van der Waals surface area contributed by atoms with Crippen LogP contribution >= 0.6 is 11.8 Å². The Morgan fingerprint density at radius 1 is 1.11 bits per heavy atom. The van der Waals surface area contributed by atoms with E-state index in [4.69, 9.17) is 9.47 Å². The van der Waals surface area contributed by atoms with E-state index < -0.39 is 10.0 Å². The number of nitrogens with one attached hydrogen (secondary N) is 1. The topological polar surface area (TPSA) is 133 Å². The minimum Gasteiger partial charge on any atom is -0.497 e. The number of rotatable bonds is 11. The van der Waals surface area contributed by atoms with Crippen molar-refractivity contribution in [1.82, 2.24) is 24.4 Å². The fraction of sp³-hybridized carbons (Fsp3) is 0.360. The predicted molar refractivity (Wildman–Crippen MR) is 141 cm³/mol. The Morgan fingerprint density at radius 2 is 1.84 bits per heavy atom. The minimum absolute atomic E-state index is 0.0728. The number of ketones is 1. The maximum absolute atomic E-state index is 13.0. The van der Waals surface area contributed by atoms with Crippen molar-refractivity contribution < 1.29 is 27.5 Å². The number of aromatic nitrogens is 3. The second kappa shape index (κ2) is 12.5. The lowest BCUT2D eigenvalue weighted by Gasteiger charge is -2.26. The summed E-state index contributed by atoms with van der Waals surface area (Å²) in [7, 11) is -2.06. The summed E-state index contributed by atoms with van der Waals surface area (Å²) in [5, 5.41) is 11.8. The second-order valence-corrected chi connectivity index (χ2v) is 11.3. The minimum atomic E-state index is -3.63. The number of carbonyl (C=O) groups excluding carboxylic acids is 2. The molecule has 0 atom stereocenters. The molecule has 1 aromatic heterocycles. The molecule has 11 nitrogen and oxygen atoms in total. The number of benzene rings is 2. The van der Waals surface area contributed by atoms with Gasteiger partial charge in [0.1, 0.15) is 11.6 Å². The van der Waals surface area contributed by atoms with Crippen LogP contribution in [-0.4, -0.2) is 84.9 Å². The molecule has 0 unspecified atom stereocenters. The third-order valence-corrected chi connectivity index (χ3v) is 8.69. The number of morpholine rings is 1. The highest BCUT2D eigenvalue weighted by Crippen LogP contribution is 2.26. The summed E-state index contributed by atoms with van der Waals surface area (Å²) in [6.07, 6.45) is 0.442. The van der Waals surface area contributed by atoms with E-state index in [1.165, 1.54) is 47.3 Å². The first-order valence-electron chi connectivity index (χ1n) is 12.0. The van der Waals surface area contributed by atoms with Gasteiger partial charge in [-0.1, -0.05) is 30.0 Å². The van der Waals surface area contributed by atoms with Gasteiger partial charge in [0.2, 0.25) is 15.9 Å². The maximum Gasteiger partial charge on any atom is 0.243 e. The Balaban J connectivity index is 1.49. The lowest BCUT2D eigenvalue weighted by Crippen LogP contribution is -2.40. The highest BCUT2D eigenvalue weighted by Gasteiger charge is 2.26. The van der Waals surface area contributed by atoms with E-state index in [9.17, 15) is 18.0 Å². The van der Waals surface area contributed by atoms with Crippen molar-refractivity contribution in [2.45, 2.75) is 23.4 Å². The van der Waals surface area contributed by atoms with Crippen LogP contribution in [0.15, 0.2) is 58.6 Å². The molecule has 4 rings (SSSR count). The molecule has 1 aliphatic heterocycles. The number of hydrogen-bond donors (Lipinski definition) is 1. The third-order valence-electron chi connectivity index (χ3n) is 5.85. The van der Waals surface area contributed by atoms with Gasteiger partial charge in [-0.05, 0) is 24.3 Å². The molecule has 38 heavy (non-hydrogen) atoms. The summed E-state index contributed by atoms with van der Waals surface area (Å²) in [5.74, 6) is 1.04. The van der Waals surface area contributed by atoms with E-state index in [-0.39, 0.29) is 22.3 Å². The Hall–Kier alpha value is -3.26. The number of nitrogens with zero attached hydrogens (tertiary/aromatic N) is 4. The molecule has 3 aromatic rings. The SMILES string of the molecule is COc1cccc(-n2c(CCNC(C)=O)nnc2SCC(=O)c2ccc(S(=O)(=O)N3CCOCC3)cc2)c1. The molecule has 1 amide bonds. The van der Waals surface area contributed by atoms with Crippen LogP contribution in [0.4, 0.5) is 0 Å². The summed E-state index contributed by atoms with van der Waals surface area (Å²) in [6, 6.07) is 13.4. The van der Waals surface area contributed by atoms with Gasteiger partial charge in [0, 0.05) is 44.6 Å². The monoisotopic (exact) mass is 559 g/mol. The van der Waals surface area contributed by atoms with Crippen molar-refractivity contribution >= 4 is 33.5 Å². The van der Waals surface area contributed by atoms with Crippen LogP contribution in [0.25, 0.3) is 5.69 Å². The standard InChI is InChI=1S/C25H29N5O6S2/c1-18(31)26-11-10-24-27-28-25(30(24)20-4-3-5-21(16-20)35-2)37-17-23(32)19-6-8-22(9-7-19)38(33,34)29-12-14-36-15-13-29/h3-9,16H,10-15,17H2,1-2H3,(H,26,31). The Bertz CT molecular complexity index is 1390. The van der Waals surface area contributed by atoms with E-state index in [0.29, 0.717) is 61.6 Å². The molecule has 0 radical (unpaired) electrons. The van der Waals surface area contributed by atoms with Crippen molar-refractivity contribution in [3.63, 3.8) is 0 Å². The zero-order valence-corrected chi connectivity index (χ0v) is 22.8. The second-order valence-electron chi connectivity index (χ2n) is 8.42.